The summed E-state index contributed by atoms with van der Waals surface area (Å²) in [5.41, 5.74) is 6.26. The van der Waals surface area contributed by atoms with Gasteiger partial charge >= 0.3 is 5.97 Å². The lowest BCUT2D eigenvalue weighted by atomic mass is 9.83. The van der Waals surface area contributed by atoms with Crippen molar-refractivity contribution in [1.82, 2.24) is 9.80 Å². The van der Waals surface area contributed by atoms with Crippen LogP contribution in [-0.4, -0.2) is 75.3 Å². The number of carboxylic acid groups (broad SMARTS) is 1. The first-order valence-electron chi connectivity index (χ1n) is 9.12. The number of aliphatic hydroxyl groups excluding tert-OH is 1. The molecule has 7 heteroatoms. The Bertz CT molecular complexity index is 494. The molecule has 0 radical (unpaired) electrons. The molecule has 0 aromatic heterocycles. The van der Waals surface area contributed by atoms with E-state index >= 15 is 0 Å². The monoisotopic (exact) mass is 339 g/mol. The van der Waals surface area contributed by atoms with Crippen LogP contribution in [0.25, 0.3) is 0 Å². The summed E-state index contributed by atoms with van der Waals surface area (Å²) in [6.07, 6.45) is 5.38. The Morgan fingerprint density at radius 3 is 2.46 bits per heavy atom. The number of carbonyl (C=O) groups excluding carboxylic acids is 1. The number of carboxylic acids is 1. The van der Waals surface area contributed by atoms with Crippen LogP contribution in [0, 0.1) is 5.92 Å². The average Bonchev–Trinajstić information content (AvgIpc) is 2.95. The molecule has 0 bridgehead atoms. The van der Waals surface area contributed by atoms with Gasteiger partial charge in [-0.3, -0.25) is 9.69 Å². The summed E-state index contributed by atoms with van der Waals surface area (Å²) in [4.78, 5) is 28.3. The Balaban J connectivity index is 1.79. The number of hydrogen-bond donors (Lipinski definition) is 3. The fraction of sp³-hybridized carbons (Fsp3) is 0.882. The van der Waals surface area contributed by atoms with Gasteiger partial charge in [-0.2, -0.15) is 0 Å². The summed E-state index contributed by atoms with van der Waals surface area (Å²) in [5, 5.41) is 19.6. The highest BCUT2D eigenvalue weighted by atomic mass is 16.4. The molecule has 1 amide bonds. The van der Waals surface area contributed by atoms with Gasteiger partial charge in [0.1, 0.15) is 6.04 Å². The maximum Gasteiger partial charge on any atom is 0.327 e. The quantitative estimate of drug-likeness (QED) is 0.669. The third-order valence-corrected chi connectivity index (χ3v) is 6.15. The van der Waals surface area contributed by atoms with E-state index < -0.39 is 24.2 Å². The van der Waals surface area contributed by atoms with Crippen molar-refractivity contribution < 1.29 is 19.8 Å². The largest absolute Gasteiger partial charge is 0.480 e. The molecule has 2 heterocycles. The second-order valence-electron chi connectivity index (χ2n) is 7.67. The van der Waals surface area contributed by atoms with E-state index in [0.29, 0.717) is 13.0 Å². The molecule has 5 atom stereocenters. The zero-order valence-corrected chi connectivity index (χ0v) is 14.3. The minimum atomic E-state index is -0.995. The number of amides is 1. The highest BCUT2D eigenvalue weighted by molar-refractivity contribution is 5.88. The maximum atomic E-state index is 13.0. The van der Waals surface area contributed by atoms with Crippen LogP contribution in [0.1, 0.15) is 45.4 Å². The van der Waals surface area contributed by atoms with Crippen molar-refractivity contribution in [3.63, 3.8) is 0 Å². The molecule has 1 unspecified atom stereocenters. The number of carbonyl (C=O) groups is 2. The number of fused-ring (bicyclic) bond motifs is 1. The predicted octanol–water partition coefficient (Wildman–Crippen LogP) is 0.0131. The van der Waals surface area contributed by atoms with Crippen LogP contribution in [0.5, 0.6) is 0 Å². The molecule has 1 saturated carbocycles. The molecule has 136 valence electrons. The Kier molecular flexibility index (Phi) is 5.13. The Labute approximate surface area is 142 Å². The fourth-order valence-electron chi connectivity index (χ4n) is 4.82. The van der Waals surface area contributed by atoms with Crippen LogP contribution in [0.4, 0.5) is 0 Å². The SMILES string of the molecule is CC1[C@H]2C[C@@H](O)CN2C[C@@H](C(=O)O)N1C(=O)[C@@H](N)C1CCCCC1. The second kappa shape index (κ2) is 6.98. The van der Waals surface area contributed by atoms with Crippen LogP contribution in [0.3, 0.4) is 0 Å². The molecule has 3 fully saturated rings. The number of nitrogens with two attached hydrogens (primary N) is 1. The molecule has 1 aliphatic carbocycles. The van der Waals surface area contributed by atoms with Gasteiger partial charge < -0.3 is 20.8 Å². The van der Waals surface area contributed by atoms with Crippen molar-refractivity contribution >= 4 is 11.9 Å². The first-order chi connectivity index (χ1) is 11.4. The van der Waals surface area contributed by atoms with E-state index in [1.807, 2.05) is 11.8 Å². The second-order valence-corrected chi connectivity index (χ2v) is 7.67. The molecule has 0 aromatic rings. The third-order valence-electron chi connectivity index (χ3n) is 6.15. The molecular formula is C17H29N3O4. The van der Waals surface area contributed by atoms with Crippen LogP contribution in [-0.2, 0) is 9.59 Å². The Hall–Kier alpha value is -1.18. The van der Waals surface area contributed by atoms with E-state index in [1.165, 1.54) is 11.3 Å². The predicted molar refractivity (Wildman–Crippen MR) is 88.3 cm³/mol. The number of aliphatic carboxylic acids is 1. The van der Waals surface area contributed by atoms with Gasteiger partial charge in [0.05, 0.1) is 12.1 Å². The lowest BCUT2D eigenvalue weighted by Gasteiger charge is -2.48. The Morgan fingerprint density at radius 2 is 1.83 bits per heavy atom. The van der Waals surface area contributed by atoms with Crippen molar-refractivity contribution in [1.29, 1.82) is 0 Å². The number of nitrogens with zero attached hydrogens (tertiary/aromatic N) is 2. The van der Waals surface area contributed by atoms with Crippen LogP contribution < -0.4 is 5.73 Å². The molecule has 3 aliphatic rings. The van der Waals surface area contributed by atoms with E-state index in [1.54, 1.807) is 0 Å². The van der Waals surface area contributed by atoms with E-state index in [9.17, 15) is 19.8 Å². The lowest BCUT2D eigenvalue weighted by molar-refractivity contribution is -0.160. The van der Waals surface area contributed by atoms with Crippen LogP contribution in [0.15, 0.2) is 0 Å². The van der Waals surface area contributed by atoms with Crippen molar-refractivity contribution in [2.24, 2.45) is 11.7 Å². The zero-order chi connectivity index (χ0) is 17.4. The van der Waals surface area contributed by atoms with E-state index in [4.69, 9.17) is 5.73 Å². The van der Waals surface area contributed by atoms with Crippen LogP contribution in [0.2, 0.25) is 0 Å². The molecule has 0 aromatic carbocycles. The van der Waals surface area contributed by atoms with Gasteiger partial charge in [0.25, 0.3) is 0 Å². The van der Waals surface area contributed by atoms with E-state index in [-0.39, 0.29) is 30.5 Å². The molecule has 2 saturated heterocycles. The fourth-order valence-corrected chi connectivity index (χ4v) is 4.82. The van der Waals surface area contributed by atoms with E-state index in [2.05, 4.69) is 0 Å². The minimum absolute atomic E-state index is 0.0121. The molecular weight excluding hydrogens is 310 g/mol. The summed E-state index contributed by atoms with van der Waals surface area (Å²) in [5.74, 6) is -1.08. The van der Waals surface area contributed by atoms with Gasteiger partial charge in [-0.05, 0) is 32.1 Å². The van der Waals surface area contributed by atoms with Gasteiger partial charge in [0.2, 0.25) is 5.91 Å². The number of rotatable bonds is 3. The summed E-state index contributed by atoms with van der Waals surface area (Å²) in [6, 6.07) is -1.74. The van der Waals surface area contributed by atoms with Crippen LogP contribution >= 0.6 is 0 Å². The lowest BCUT2D eigenvalue weighted by Crippen LogP contribution is -2.67. The van der Waals surface area contributed by atoms with E-state index in [0.717, 1.165) is 25.7 Å². The van der Waals surface area contributed by atoms with Crippen molar-refractivity contribution in [2.45, 2.75) is 75.7 Å². The van der Waals surface area contributed by atoms with Crippen molar-refractivity contribution in [3.05, 3.63) is 0 Å². The normalized spacial score (nSPS) is 36.4. The Morgan fingerprint density at radius 1 is 1.17 bits per heavy atom. The molecule has 0 spiro atoms. The van der Waals surface area contributed by atoms with Gasteiger partial charge in [-0.1, -0.05) is 19.3 Å². The topological polar surface area (TPSA) is 107 Å². The van der Waals surface area contributed by atoms with Gasteiger partial charge in [0, 0.05) is 25.2 Å². The molecule has 24 heavy (non-hydrogen) atoms. The maximum absolute atomic E-state index is 13.0. The number of hydrogen-bond acceptors (Lipinski definition) is 5. The van der Waals surface area contributed by atoms with Crippen molar-refractivity contribution in [3.8, 4) is 0 Å². The standard InChI is InChI=1S/C17H29N3O4/c1-10-13-7-12(21)8-19(13)9-14(17(23)24)20(10)16(22)15(18)11-5-3-2-4-6-11/h10-15,21H,2-9,18H2,1H3,(H,23,24)/t10?,12-,13-,14+,15+/m1/s1. The summed E-state index contributed by atoms with van der Waals surface area (Å²) >= 11 is 0. The first-order valence-corrected chi connectivity index (χ1v) is 9.12. The third kappa shape index (κ3) is 3.17. The number of aliphatic hydroxyl groups is 1. The molecule has 2 aliphatic heterocycles. The zero-order valence-electron chi connectivity index (χ0n) is 14.3. The first kappa shape index (κ1) is 17.6. The van der Waals surface area contributed by atoms with Crippen molar-refractivity contribution in [2.75, 3.05) is 13.1 Å². The smallest absolute Gasteiger partial charge is 0.327 e. The van der Waals surface area contributed by atoms with Gasteiger partial charge in [-0.15, -0.1) is 0 Å². The highest BCUT2D eigenvalue weighted by Crippen LogP contribution is 2.32. The number of piperazine rings is 1. The molecule has 3 rings (SSSR count). The summed E-state index contributed by atoms with van der Waals surface area (Å²) < 4.78 is 0. The van der Waals surface area contributed by atoms with Gasteiger partial charge in [-0.25, -0.2) is 4.79 Å². The molecule has 4 N–H and O–H groups in total. The summed E-state index contributed by atoms with van der Waals surface area (Å²) in [7, 11) is 0. The van der Waals surface area contributed by atoms with Gasteiger partial charge in [0.15, 0.2) is 0 Å². The summed E-state index contributed by atoms with van der Waals surface area (Å²) in [6.45, 7) is 2.64. The minimum Gasteiger partial charge on any atom is -0.480 e. The molecule has 7 nitrogen and oxygen atoms in total. The highest BCUT2D eigenvalue weighted by Gasteiger charge is 2.49. The average molecular weight is 339 g/mol.